The molecule has 2 aromatic rings. The lowest BCUT2D eigenvalue weighted by atomic mass is 10.1. The summed E-state index contributed by atoms with van der Waals surface area (Å²) in [5.74, 6) is -0.642. The van der Waals surface area contributed by atoms with Crippen LogP contribution in [0.25, 0.3) is 0 Å². The Morgan fingerprint density at radius 1 is 1.04 bits per heavy atom. The molecular formula is C20H23NO6S. The first-order valence-corrected chi connectivity index (χ1v) is 10.1. The molecule has 0 aliphatic heterocycles. The lowest BCUT2D eigenvalue weighted by molar-refractivity contribution is -0.144. The van der Waals surface area contributed by atoms with Crippen LogP contribution < -0.4 is 9.46 Å². The first-order chi connectivity index (χ1) is 13.1. The van der Waals surface area contributed by atoms with Gasteiger partial charge in [0.25, 0.3) is 0 Å². The molecule has 8 heteroatoms. The van der Waals surface area contributed by atoms with E-state index in [0.717, 1.165) is 11.1 Å². The standard InChI is InChI=1S/C20H23NO6S/c1-13-5-10-18(11-14(13)2)28(24,25)21-12-19(22)27-15(3)20(23)16-6-8-17(26-4)9-7-16/h5-11,15,21H,12H2,1-4H3/t15-/m0/s1. The topological polar surface area (TPSA) is 98.8 Å². The van der Waals surface area contributed by atoms with Crippen molar-refractivity contribution in [1.82, 2.24) is 4.72 Å². The van der Waals surface area contributed by atoms with Crippen LogP contribution in [0.3, 0.4) is 0 Å². The number of hydrogen-bond acceptors (Lipinski definition) is 6. The van der Waals surface area contributed by atoms with Gasteiger partial charge in [0.1, 0.15) is 12.3 Å². The van der Waals surface area contributed by atoms with E-state index < -0.39 is 34.4 Å². The SMILES string of the molecule is COc1ccc(C(=O)[C@H](C)OC(=O)CNS(=O)(=O)c2ccc(C)c(C)c2)cc1. The Morgan fingerprint density at radius 3 is 2.25 bits per heavy atom. The van der Waals surface area contributed by atoms with Crippen LogP contribution in [0.15, 0.2) is 47.4 Å². The highest BCUT2D eigenvalue weighted by atomic mass is 32.2. The lowest BCUT2D eigenvalue weighted by Crippen LogP contribution is -2.34. The Labute approximate surface area is 164 Å². The van der Waals surface area contributed by atoms with Gasteiger partial charge in [-0.2, -0.15) is 4.72 Å². The van der Waals surface area contributed by atoms with Crippen LogP contribution in [0.4, 0.5) is 0 Å². The van der Waals surface area contributed by atoms with Crippen molar-refractivity contribution in [2.75, 3.05) is 13.7 Å². The minimum Gasteiger partial charge on any atom is -0.497 e. The van der Waals surface area contributed by atoms with Crippen molar-refractivity contribution in [3.05, 3.63) is 59.2 Å². The average molecular weight is 405 g/mol. The molecule has 0 amide bonds. The van der Waals surface area contributed by atoms with Gasteiger partial charge >= 0.3 is 5.97 Å². The van der Waals surface area contributed by atoms with Gasteiger partial charge in [-0.25, -0.2) is 8.42 Å². The summed E-state index contributed by atoms with van der Waals surface area (Å²) in [6.07, 6.45) is -1.05. The number of rotatable bonds is 8. The Kier molecular flexibility index (Phi) is 6.93. The molecule has 0 bridgehead atoms. The summed E-state index contributed by atoms with van der Waals surface area (Å²) in [5, 5.41) is 0. The minimum atomic E-state index is -3.86. The molecule has 7 nitrogen and oxygen atoms in total. The Morgan fingerprint density at radius 2 is 1.68 bits per heavy atom. The monoisotopic (exact) mass is 405 g/mol. The van der Waals surface area contributed by atoms with Gasteiger partial charge in [0, 0.05) is 5.56 Å². The highest BCUT2D eigenvalue weighted by Gasteiger charge is 2.22. The average Bonchev–Trinajstić information content (AvgIpc) is 2.68. The van der Waals surface area contributed by atoms with Crippen LogP contribution in [0, 0.1) is 13.8 Å². The summed E-state index contributed by atoms with van der Waals surface area (Å²) < 4.78 is 36.9. The number of ether oxygens (including phenoxy) is 2. The maximum atomic E-state index is 12.3. The van der Waals surface area contributed by atoms with Gasteiger partial charge in [-0.15, -0.1) is 0 Å². The maximum Gasteiger partial charge on any atom is 0.321 e. The highest BCUT2D eigenvalue weighted by Crippen LogP contribution is 2.15. The van der Waals surface area contributed by atoms with Crippen molar-refractivity contribution >= 4 is 21.8 Å². The van der Waals surface area contributed by atoms with Crippen LogP contribution in [-0.4, -0.2) is 39.9 Å². The number of methoxy groups -OCH3 is 1. The van der Waals surface area contributed by atoms with E-state index in [1.54, 1.807) is 37.3 Å². The van der Waals surface area contributed by atoms with Crippen molar-refractivity contribution in [3.8, 4) is 5.75 Å². The van der Waals surface area contributed by atoms with Crippen molar-refractivity contribution in [1.29, 1.82) is 0 Å². The van der Waals surface area contributed by atoms with Gasteiger partial charge in [0.2, 0.25) is 15.8 Å². The van der Waals surface area contributed by atoms with Crippen LogP contribution in [-0.2, 0) is 19.6 Å². The summed E-state index contributed by atoms with van der Waals surface area (Å²) in [5.41, 5.74) is 2.14. The molecule has 2 aromatic carbocycles. The van der Waals surface area contributed by atoms with Crippen molar-refractivity contribution in [2.24, 2.45) is 0 Å². The molecule has 0 radical (unpaired) electrons. The Hall–Kier alpha value is -2.71. The molecule has 0 spiro atoms. The number of carbonyl (C=O) groups is 2. The predicted molar refractivity (Wildman–Crippen MR) is 104 cm³/mol. The van der Waals surface area contributed by atoms with Crippen LogP contribution in [0.2, 0.25) is 0 Å². The number of nitrogens with one attached hydrogen (secondary N) is 1. The van der Waals surface area contributed by atoms with Crippen LogP contribution in [0.1, 0.15) is 28.4 Å². The van der Waals surface area contributed by atoms with E-state index in [-0.39, 0.29) is 4.90 Å². The molecule has 0 unspecified atom stereocenters. The third-order valence-electron chi connectivity index (χ3n) is 4.25. The molecular weight excluding hydrogens is 382 g/mol. The van der Waals surface area contributed by atoms with Gasteiger partial charge < -0.3 is 9.47 Å². The molecule has 0 saturated heterocycles. The number of benzene rings is 2. The van der Waals surface area contributed by atoms with Crippen LogP contribution >= 0.6 is 0 Å². The fraction of sp³-hybridized carbons (Fsp3) is 0.300. The molecule has 0 aliphatic rings. The van der Waals surface area contributed by atoms with E-state index in [1.165, 1.54) is 26.2 Å². The van der Waals surface area contributed by atoms with Crippen molar-refractivity contribution in [3.63, 3.8) is 0 Å². The maximum absolute atomic E-state index is 12.3. The highest BCUT2D eigenvalue weighted by molar-refractivity contribution is 7.89. The number of carbonyl (C=O) groups excluding carboxylic acids is 2. The molecule has 0 heterocycles. The first-order valence-electron chi connectivity index (χ1n) is 8.58. The molecule has 0 aliphatic carbocycles. The van der Waals surface area contributed by atoms with E-state index in [1.807, 2.05) is 6.92 Å². The van der Waals surface area contributed by atoms with Gasteiger partial charge in [-0.3, -0.25) is 9.59 Å². The number of hydrogen-bond donors (Lipinski definition) is 1. The molecule has 150 valence electrons. The quantitative estimate of drug-likeness (QED) is 0.535. The zero-order valence-corrected chi connectivity index (χ0v) is 17.0. The third-order valence-corrected chi connectivity index (χ3v) is 5.65. The molecule has 1 N–H and O–H groups in total. The molecule has 0 saturated carbocycles. The van der Waals surface area contributed by atoms with E-state index in [2.05, 4.69) is 4.72 Å². The second-order valence-electron chi connectivity index (χ2n) is 6.30. The largest absolute Gasteiger partial charge is 0.497 e. The van der Waals surface area contributed by atoms with Crippen molar-refractivity contribution < 1.29 is 27.5 Å². The number of sulfonamides is 1. The summed E-state index contributed by atoms with van der Waals surface area (Å²) in [6.45, 7) is 4.53. The van der Waals surface area contributed by atoms with E-state index in [9.17, 15) is 18.0 Å². The molecule has 28 heavy (non-hydrogen) atoms. The predicted octanol–water partition coefficient (Wildman–Crippen LogP) is 2.40. The first kappa shape index (κ1) is 21.6. The number of Topliss-reactive ketones (excluding diaryl/α,β-unsaturated/α-hetero) is 1. The fourth-order valence-electron chi connectivity index (χ4n) is 2.40. The Bertz CT molecular complexity index is 967. The second kappa shape index (κ2) is 8.99. The zero-order valence-electron chi connectivity index (χ0n) is 16.2. The molecule has 0 aromatic heterocycles. The lowest BCUT2D eigenvalue weighted by Gasteiger charge is -2.13. The zero-order chi connectivity index (χ0) is 20.9. The number of esters is 1. The van der Waals surface area contributed by atoms with E-state index in [4.69, 9.17) is 9.47 Å². The van der Waals surface area contributed by atoms with E-state index in [0.29, 0.717) is 11.3 Å². The normalized spacial score (nSPS) is 12.3. The van der Waals surface area contributed by atoms with Gasteiger partial charge in [0.15, 0.2) is 6.10 Å². The van der Waals surface area contributed by atoms with Gasteiger partial charge in [-0.05, 0) is 68.3 Å². The third kappa shape index (κ3) is 5.40. The number of ketones is 1. The molecule has 2 rings (SSSR count). The van der Waals surface area contributed by atoms with Crippen molar-refractivity contribution in [2.45, 2.75) is 31.8 Å². The van der Waals surface area contributed by atoms with Gasteiger partial charge in [0.05, 0.1) is 12.0 Å². The minimum absolute atomic E-state index is 0.0609. The molecule has 1 atom stereocenters. The second-order valence-corrected chi connectivity index (χ2v) is 8.06. The van der Waals surface area contributed by atoms with E-state index >= 15 is 0 Å². The summed E-state index contributed by atoms with van der Waals surface area (Å²) in [7, 11) is -2.35. The summed E-state index contributed by atoms with van der Waals surface area (Å²) in [6, 6.07) is 11.1. The van der Waals surface area contributed by atoms with Crippen LogP contribution in [0.5, 0.6) is 5.75 Å². The summed E-state index contributed by atoms with van der Waals surface area (Å²) in [4.78, 5) is 24.3. The number of aryl methyl sites for hydroxylation is 2. The smallest absolute Gasteiger partial charge is 0.321 e. The van der Waals surface area contributed by atoms with Gasteiger partial charge in [-0.1, -0.05) is 6.07 Å². The summed E-state index contributed by atoms with van der Waals surface area (Å²) >= 11 is 0. The fourth-order valence-corrected chi connectivity index (χ4v) is 3.45. The molecule has 0 fully saturated rings. The Balaban J connectivity index is 1.95.